The van der Waals surface area contributed by atoms with Gasteiger partial charge in [-0.05, 0) is 33.6 Å². The van der Waals surface area contributed by atoms with Crippen molar-refractivity contribution in [1.29, 1.82) is 0 Å². The summed E-state index contributed by atoms with van der Waals surface area (Å²) >= 11 is 9.09. The molecule has 0 radical (unpaired) electrons. The molecular formula is C9H10BrClO2S. The molecule has 0 aromatic heterocycles. The van der Waals surface area contributed by atoms with E-state index in [0.29, 0.717) is 5.02 Å². The van der Waals surface area contributed by atoms with E-state index in [1.807, 2.05) is 0 Å². The first-order valence-electron chi connectivity index (χ1n) is 4.09. The van der Waals surface area contributed by atoms with Crippen LogP contribution in [0.2, 0.25) is 5.02 Å². The van der Waals surface area contributed by atoms with Crippen LogP contribution in [0.5, 0.6) is 0 Å². The van der Waals surface area contributed by atoms with E-state index >= 15 is 0 Å². The highest BCUT2D eigenvalue weighted by Gasteiger charge is 2.09. The van der Waals surface area contributed by atoms with Crippen molar-refractivity contribution >= 4 is 37.4 Å². The molecule has 78 valence electrons. The predicted octanol–water partition coefficient (Wildman–Crippen LogP) is 3.04. The first kappa shape index (κ1) is 12.0. The summed E-state index contributed by atoms with van der Waals surface area (Å²) in [5.74, 6) is 0.206. The standard InChI is InChI=1S/C9H10BrClO2S/c1-2-14(12,13)6-7-3-4-8(10)9(11)5-7/h3-5H,2,6H2,1H3. The van der Waals surface area contributed by atoms with Gasteiger partial charge in [0.05, 0.1) is 10.8 Å². The summed E-state index contributed by atoms with van der Waals surface area (Å²) in [6.45, 7) is 1.63. The van der Waals surface area contributed by atoms with Gasteiger partial charge >= 0.3 is 0 Å². The zero-order chi connectivity index (χ0) is 10.8. The average molecular weight is 298 g/mol. The van der Waals surface area contributed by atoms with Crippen molar-refractivity contribution < 1.29 is 8.42 Å². The number of rotatable bonds is 3. The van der Waals surface area contributed by atoms with Crippen LogP contribution >= 0.6 is 27.5 Å². The van der Waals surface area contributed by atoms with E-state index in [2.05, 4.69) is 15.9 Å². The van der Waals surface area contributed by atoms with E-state index in [4.69, 9.17) is 11.6 Å². The molecule has 0 amide bonds. The maximum Gasteiger partial charge on any atom is 0.154 e. The van der Waals surface area contributed by atoms with Crippen LogP contribution < -0.4 is 0 Å². The molecular weight excluding hydrogens is 288 g/mol. The van der Waals surface area contributed by atoms with Crippen molar-refractivity contribution in [2.24, 2.45) is 0 Å². The number of halogens is 2. The average Bonchev–Trinajstić information content (AvgIpc) is 2.11. The topological polar surface area (TPSA) is 34.1 Å². The van der Waals surface area contributed by atoms with Crippen LogP contribution in [0.25, 0.3) is 0 Å². The molecule has 0 spiro atoms. The third kappa shape index (κ3) is 3.26. The smallest absolute Gasteiger partial charge is 0.154 e. The first-order chi connectivity index (χ1) is 6.44. The second-order valence-corrected chi connectivity index (χ2v) is 6.54. The Labute approximate surface area is 97.3 Å². The highest BCUT2D eigenvalue weighted by atomic mass is 79.9. The number of benzene rings is 1. The quantitative estimate of drug-likeness (QED) is 0.859. The molecule has 2 nitrogen and oxygen atoms in total. The molecule has 0 aliphatic heterocycles. The molecule has 1 rings (SSSR count). The molecule has 0 saturated carbocycles. The van der Waals surface area contributed by atoms with Crippen LogP contribution in [0.4, 0.5) is 0 Å². The molecule has 0 N–H and O–H groups in total. The number of hydrogen-bond acceptors (Lipinski definition) is 2. The zero-order valence-electron chi connectivity index (χ0n) is 7.63. The fraction of sp³-hybridized carbons (Fsp3) is 0.333. The molecule has 0 atom stereocenters. The Balaban J connectivity index is 2.94. The molecule has 1 aromatic rings. The third-order valence-electron chi connectivity index (χ3n) is 1.81. The molecule has 0 unspecified atom stereocenters. The maximum atomic E-state index is 11.3. The van der Waals surface area contributed by atoms with Gasteiger partial charge in [0, 0.05) is 10.2 Å². The predicted molar refractivity (Wildman–Crippen MR) is 62.3 cm³/mol. The van der Waals surface area contributed by atoms with Gasteiger partial charge in [-0.1, -0.05) is 24.6 Å². The van der Waals surface area contributed by atoms with Gasteiger partial charge in [-0.2, -0.15) is 0 Å². The Morgan fingerprint density at radius 2 is 2.07 bits per heavy atom. The summed E-state index contributed by atoms with van der Waals surface area (Å²) in [5.41, 5.74) is 0.722. The van der Waals surface area contributed by atoms with Gasteiger partial charge in [0.25, 0.3) is 0 Å². The Morgan fingerprint density at radius 1 is 1.43 bits per heavy atom. The highest BCUT2D eigenvalue weighted by Crippen LogP contribution is 2.24. The monoisotopic (exact) mass is 296 g/mol. The van der Waals surface area contributed by atoms with E-state index in [0.717, 1.165) is 10.0 Å². The van der Waals surface area contributed by atoms with Crippen molar-refractivity contribution in [2.75, 3.05) is 5.75 Å². The fourth-order valence-electron chi connectivity index (χ4n) is 0.985. The number of sulfone groups is 1. The van der Waals surface area contributed by atoms with Crippen LogP contribution in [0.3, 0.4) is 0 Å². The third-order valence-corrected chi connectivity index (χ3v) is 4.70. The minimum absolute atomic E-state index is 0.0521. The molecule has 0 fully saturated rings. The van der Waals surface area contributed by atoms with Crippen molar-refractivity contribution in [2.45, 2.75) is 12.7 Å². The van der Waals surface area contributed by atoms with Crippen molar-refractivity contribution in [3.05, 3.63) is 33.3 Å². The molecule has 14 heavy (non-hydrogen) atoms. The largest absolute Gasteiger partial charge is 0.229 e. The van der Waals surface area contributed by atoms with Gasteiger partial charge in [-0.15, -0.1) is 0 Å². The minimum Gasteiger partial charge on any atom is -0.229 e. The normalized spacial score (nSPS) is 11.6. The summed E-state index contributed by atoms with van der Waals surface area (Å²) in [6.07, 6.45) is 0. The summed E-state index contributed by atoms with van der Waals surface area (Å²) in [6, 6.07) is 5.17. The van der Waals surface area contributed by atoms with E-state index in [1.165, 1.54) is 0 Å². The van der Waals surface area contributed by atoms with E-state index < -0.39 is 9.84 Å². The summed E-state index contributed by atoms with van der Waals surface area (Å²) in [7, 11) is -2.98. The fourth-order valence-corrected chi connectivity index (χ4v) is 2.33. The Bertz CT molecular complexity index is 428. The van der Waals surface area contributed by atoms with E-state index in [1.54, 1.807) is 25.1 Å². The van der Waals surface area contributed by atoms with Gasteiger partial charge < -0.3 is 0 Å². The zero-order valence-corrected chi connectivity index (χ0v) is 10.8. The summed E-state index contributed by atoms with van der Waals surface area (Å²) < 4.78 is 23.4. The second-order valence-electron chi connectivity index (χ2n) is 2.93. The molecule has 0 bridgehead atoms. The molecule has 0 aliphatic carbocycles. The van der Waals surface area contributed by atoms with Crippen molar-refractivity contribution in [3.8, 4) is 0 Å². The lowest BCUT2D eigenvalue weighted by atomic mass is 10.2. The minimum atomic E-state index is -2.98. The van der Waals surface area contributed by atoms with Crippen LogP contribution in [0.15, 0.2) is 22.7 Å². The SMILES string of the molecule is CCS(=O)(=O)Cc1ccc(Br)c(Cl)c1. The highest BCUT2D eigenvalue weighted by molar-refractivity contribution is 9.10. The molecule has 0 saturated heterocycles. The Hall–Kier alpha value is -0.0600. The van der Waals surface area contributed by atoms with Crippen molar-refractivity contribution in [3.63, 3.8) is 0 Å². The van der Waals surface area contributed by atoms with Crippen LogP contribution in [0, 0.1) is 0 Å². The first-order valence-corrected chi connectivity index (χ1v) is 7.08. The van der Waals surface area contributed by atoms with Crippen LogP contribution in [0.1, 0.15) is 12.5 Å². The lowest BCUT2D eigenvalue weighted by molar-refractivity contribution is 0.596. The maximum absolute atomic E-state index is 11.3. The van der Waals surface area contributed by atoms with Crippen LogP contribution in [-0.4, -0.2) is 14.2 Å². The van der Waals surface area contributed by atoms with E-state index in [9.17, 15) is 8.42 Å². The van der Waals surface area contributed by atoms with Gasteiger partial charge in [-0.25, -0.2) is 8.42 Å². The van der Waals surface area contributed by atoms with Gasteiger partial charge in [0.1, 0.15) is 0 Å². The summed E-state index contributed by atoms with van der Waals surface area (Å²) in [4.78, 5) is 0. The Morgan fingerprint density at radius 3 is 2.57 bits per heavy atom. The number of hydrogen-bond donors (Lipinski definition) is 0. The molecule has 1 aromatic carbocycles. The van der Waals surface area contributed by atoms with E-state index in [-0.39, 0.29) is 11.5 Å². The van der Waals surface area contributed by atoms with Gasteiger partial charge in [0.15, 0.2) is 9.84 Å². The lowest BCUT2D eigenvalue weighted by Gasteiger charge is -2.03. The van der Waals surface area contributed by atoms with Gasteiger partial charge in [-0.3, -0.25) is 0 Å². The van der Waals surface area contributed by atoms with Crippen LogP contribution in [-0.2, 0) is 15.6 Å². The van der Waals surface area contributed by atoms with Gasteiger partial charge in [0.2, 0.25) is 0 Å². The Kier molecular flexibility index (Phi) is 3.98. The molecule has 0 aliphatic rings. The molecule has 0 heterocycles. The van der Waals surface area contributed by atoms with Crippen molar-refractivity contribution in [1.82, 2.24) is 0 Å². The second kappa shape index (κ2) is 4.64. The lowest BCUT2D eigenvalue weighted by Crippen LogP contribution is -2.06. The molecule has 5 heteroatoms. The summed E-state index contributed by atoms with van der Waals surface area (Å²) in [5, 5.41) is 0.536.